The molecule has 6 rings (SSSR count). The lowest BCUT2D eigenvalue weighted by Crippen LogP contribution is -2.25. The quantitative estimate of drug-likeness (QED) is 0.311. The van der Waals surface area contributed by atoms with E-state index >= 15 is 0 Å². The Hall–Kier alpha value is -3.14. The summed E-state index contributed by atoms with van der Waals surface area (Å²) in [4.78, 5) is 0. The van der Waals surface area contributed by atoms with Gasteiger partial charge < -0.3 is 19.3 Å². The van der Waals surface area contributed by atoms with Crippen LogP contribution >= 0.6 is 0 Å². The van der Waals surface area contributed by atoms with Crippen LogP contribution in [0.4, 0.5) is 0 Å². The van der Waals surface area contributed by atoms with Crippen LogP contribution in [0.15, 0.2) is 46.9 Å². The van der Waals surface area contributed by atoms with E-state index in [1.165, 1.54) is 46.2 Å². The van der Waals surface area contributed by atoms with Gasteiger partial charge in [-0.3, -0.25) is 0 Å². The van der Waals surface area contributed by atoms with Gasteiger partial charge in [0.2, 0.25) is 0 Å². The van der Waals surface area contributed by atoms with Crippen LogP contribution in [0.5, 0.6) is 23.0 Å². The molecule has 1 heterocycles. The monoisotopic (exact) mass is 616 g/mol. The average Bonchev–Trinajstić information content (AvgIpc) is 3.27. The molecule has 2 aromatic carbocycles. The minimum absolute atomic E-state index is 0.0413. The highest BCUT2D eigenvalue weighted by Crippen LogP contribution is 2.67. The molecular weight excluding hydrogens is 556 g/mol. The topological polar surface area (TPSA) is 47.9 Å². The molecule has 248 valence electrons. The molecule has 1 N–H and O–H groups in total. The molecule has 0 saturated heterocycles. The van der Waals surface area contributed by atoms with Crippen molar-refractivity contribution in [2.75, 3.05) is 7.11 Å². The molecule has 0 aromatic heterocycles. The first kappa shape index (κ1) is 36.3. The summed E-state index contributed by atoms with van der Waals surface area (Å²) in [6, 6.07) is 4.48. The normalized spacial score (nSPS) is 20.9. The summed E-state index contributed by atoms with van der Waals surface area (Å²) in [5.74, 6) is 4.11. The third kappa shape index (κ3) is 6.07. The van der Waals surface area contributed by atoms with Gasteiger partial charge in [-0.05, 0) is 114 Å². The molecule has 4 heteroatoms. The number of hydrogen-bond donors (Lipinski definition) is 1. The molecule has 1 fully saturated rings. The van der Waals surface area contributed by atoms with E-state index in [1.807, 2.05) is 27.7 Å². The maximum absolute atomic E-state index is 10.7. The summed E-state index contributed by atoms with van der Waals surface area (Å²) in [5.41, 5.74) is 9.72. The van der Waals surface area contributed by atoms with E-state index in [1.54, 1.807) is 7.11 Å². The van der Waals surface area contributed by atoms with Crippen LogP contribution in [0.3, 0.4) is 0 Å². The number of aliphatic hydroxyl groups is 1. The Morgan fingerprint density at radius 1 is 0.711 bits per heavy atom. The van der Waals surface area contributed by atoms with Crippen LogP contribution < -0.4 is 9.47 Å². The van der Waals surface area contributed by atoms with E-state index in [2.05, 4.69) is 93.5 Å². The molecule has 2 aromatic rings. The lowest BCUT2D eigenvalue weighted by molar-refractivity contribution is 0.264. The molecule has 4 nitrogen and oxygen atoms in total. The van der Waals surface area contributed by atoms with E-state index in [0.717, 1.165) is 47.0 Å². The standard InChI is InChI=1S/C33H38O4.C4H10.2C2H6/c1-17-18(2)20(4)30-29(19(17)3)36-27-13-23-24(14-28(27)37-30)33(16-32(23,7)8)15-31(5,6)22-12-26(35-9)25(34)11-10-21(22)33;1-3-4-2;2*1-2/h10,12-14,34H,11,15-16H2,1-9H3;3-4H2,1-2H3;2*1-2H3. The van der Waals surface area contributed by atoms with Gasteiger partial charge in [-0.15, -0.1) is 0 Å². The van der Waals surface area contributed by atoms with Crippen LogP contribution in [-0.4, -0.2) is 12.2 Å². The van der Waals surface area contributed by atoms with Gasteiger partial charge in [0.1, 0.15) is 5.76 Å². The SMILES string of the molecule is CC.CC.CCCC.COC1=C(O)CC=C2C(=C1)C(C)(C)CC21CC(C)(C)c2cc3c(cc21)Oc1c(C)c(C)c(C)c(C)c1O3. The van der Waals surface area contributed by atoms with Crippen molar-refractivity contribution in [3.05, 3.63) is 80.3 Å². The minimum Gasteiger partial charge on any atom is -0.508 e. The van der Waals surface area contributed by atoms with Crippen LogP contribution in [0.1, 0.15) is 135 Å². The number of allylic oxidation sites excluding steroid dienone is 4. The fourth-order valence-electron chi connectivity index (χ4n) is 7.56. The van der Waals surface area contributed by atoms with Crippen molar-refractivity contribution >= 4 is 0 Å². The fourth-order valence-corrected chi connectivity index (χ4v) is 7.56. The smallest absolute Gasteiger partial charge is 0.173 e. The summed E-state index contributed by atoms with van der Waals surface area (Å²) >= 11 is 0. The third-order valence-electron chi connectivity index (χ3n) is 10.1. The molecule has 1 atom stereocenters. The Bertz CT molecular complexity index is 1510. The van der Waals surface area contributed by atoms with Crippen LogP contribution in [0.2, 0.25) is 0 Å². The Balaban J connectivity index is 0.000000631. The van der Waals surface area contributed by atoms with Crippen LogP contribution in [-0.2, 0) is 15.6 Å². The van der Waals surface area contributed by atoms with Gasteiger partial charge in [-0.2, -0.15) is 0 Å². The molecule has 0 radical (unpaired) electrons. The van der Waals surface area contributed by atoms with Gasteiger partial charge in [-0.1, -0.05) is 88.2 Å². The van der Waals surface area contributed by atoms with Crippen molar-refractivity contribution in [1.82, 2.24) is 0 Å². The average molecular weight is 617 g/mol. The maximum atomic E-state index is 10.7. The second-order valence-corrected chi connectivity index (χ2v) is 13.8. The van der Waals surface area contributed by atoms with E-state index in [-0.39, 0.29) is 22.0 Å². The number of hydrogen-bond acceptors (Lipinski definition) is 4. The second kappa shape index (κ2) is 13.7. The van der Waals surface area contributed by atoms with Crippen LogP contribution in [0.25, 0.3) is 0 Å². The molecule has 4 aliphatic rings. The summed E-state index contributed by atoms with van der Waals surface area (Å²) < 4.78 is 18.8. The van der Waals surface area contributed by atoms with Crippen molar-refractivity contribution in [1.29, 1.82) is 0 Å². The molecule has 1 unspecified atom stereocenters. The van der Waals surface area contributed by atoms with E-state index in [0.29, 0.717) is 12.2 Å². The van der Waals surface area contributed by atoms with Crippen molar-refractivity contribution in [3.63, 3.8) is 0 Å². The van der Waals surface area contributed by atoms with E-state index in [4.69, 9.17) is 14.2 Å². The minimum atomic E-state index is -0.162. The molecule has 0 bridgehead atoms. The molecule has 1 aliphatic heterocycles. The Labute approximate surface area is 274 Å². The highest BCUT2D eigenvalue weighted by Gasteiger charge is 2.58. The highest BCUT2D eigenvalue weighted by atomic mass is 16.6. The fraction of sp³-hybridized carbons (Fsp3) is 0.561. The van der Waals surface area contributed by atoms with Gasteiger partial charge in [0.05, 0.1) is 7.11 Å². The van der Waals surface area contributed by atoms with Crippen LogP contribution in [0, 0.1) is 33.1 Å². The molecule has 1 saturated carbocycles. The van der Waals surface area contributed by atoms with Gasteiger partial charge in [0.15, 0.2) is 28.8 Å². The molecule has 3 aliphatic carbocycles. The largest absolute Gasteiger partial charge is 0.508 e. The summed E-state index contributed by atoms with van der Waals surface area (Å²) in [7, 11) is 1.63. The summed E-state index contributed by atoms with van der Waals surface area (Å²) in [6.45, 7) is 30.2. The zero-order valence-electron chi connectivity index (χ0n) is 31.0. The Kier molecular flexibility index (Phi) is 11.1. The lowest BCUT2D eigenvalue weighted by Gasteiger charge is -2.31. The number of methoxy groups -OCH3 is 1. The molecule has 45 heavy (non-hydrogen) atoms. The predicted octanol–water partition coefficient (Wildman–Crippen LogP) is 12.7. The maximum Gasteiger partial charge on any atom is 0.173 e. The lowest BCUT2D eigenvalue weighted by atomic mass is 9.73. The van der Waals surface area contributed by atoms with Gasteiger partial charge in [0.25, 0.3) is 0 Å². The number of ether oxygens (including phenoxy) is 3. The van der Waals surface area contributed by atoms with Crippen molar-refractivity contribution in [3.8, 4) is 23.0 Å². The number of fused-ring (bicyclic) bond motifs is 6. The highest BCUT2D eigenvalue weighted by molar-refractivity contribution is 5.69. The van der Waals surface area contributed by atoms with E-state index in [9.17, 15) is 5.11 Å². The Morgan fingerprint density at radius 3 is 1.64 bits per heavy atom. The summed E-state index contributed by atoms with van der Waals surface area (Å²) in [5, 5.41) is 10.7. The van der Waals surface area contributed by atoms with Gasteiger partial charge in [0, 0.05) is 11.8 Å². The first-order valence-corrected chi connectivity index (χ1v) is 17.3. The zero-order chi connectivity index (χ0) is 34.1. The number of benzene rings is 2. The number of unbranched alkanes of at least 4 members (excludes halogenated alkanes) is 1. The number of aliphatic hydroxyl groups excluding tert-OH is 1. The van der Waals surface area contributed by atoms with Crippen molar-refractivity contribution in [2.24, 2.45) is 5.41 Å². The van der Waals surface area contributed by atoms with Crippen molar-refractivity contribution < 1.29 is 19.3 Å². The molecular formula is C41H60O4. The Morgan fingerprint density at radius 2 is 1.18 bits per heavy atom. The zero-order valence-corrected chi connectivity index (χ0v) is 31.0. The molecule has 1 spiro atoms. The first-order valence-electron chi connectivity index (χ1n) is 17.3. The van der Waals surface area contributed by atoms with E-state index < -0.39 is 0 Å². The van der Waals surface area contributed by atoms with Crippen molar-refractivity contribution in [2.45, 2.75) is 140 Å². The van der Waals surface area contributed by atoms with Gasteiger partial charge >= 0.3 is 0 Å². The van der Waals surface area contributed by atoms with Gasteiger partial charge in [-0.25, -0.2) is 0 Å². The second-order valence-electron chi connectivity index (χ2n) is 13.8. The summed E-state index contributed by atoms with van der Waals surface area (Å²) in [6.07, 6.45) is 9.41. The predicted molar refractivity (Wildman–Crippen MR) is 190 cm³/mol. The first-order chi connectivity index (χ1) is 21.2. The molecule has 0 amide bonds. The number of rotatable bonds is 2. The third-order valence-corrected chi connectivity index (χ3v) is 10.1.